The van der Waals surface area contributed by atoms with E-state index in [0.717, 1.165) is 27.6 Å². The van der Waals surface area contributed by atoms with Gasteiger partial charge in [0.1, 0.15) is 12.4 Å². The molecule has 1 unspecified atom stereocenters. The lowest BCUT2D eigenvalue weighted by molar-refractivity contribution is 0.202. The lowest BCUT2D eigenvalue weighted by Gasteiger charge is -2.13. The Labute approximate surface area is 102 Å². The number of rotatable bonds is 3. The molecule has 2 heteroatoms. The van der Waals surface area contributed by atoms with Crippen molar-refractivity contribution in [3.05, 3.63) is 47.5 Å². The summed E-state index contributed by atoms with van der Waals surface area (Å²) in [5.41, 5.74) is 1.95. The van der Waals surface area contributed by atoms with E-state index in [-0.39, 0.29) is 19.6 Å². The highest BCUT2D eigenvalue weighted by atomic mass is 16.5. The van der Waals surface area contributed by atoms with Crippen LogP contribution in [0.2, 0.25) is 0 Å². The molecule has 0 aliphatic heterocycles. The molecule has 1 aliphatic rings. The highest BCUT2D eigenvalue weighted by Crippen LogP contribution is 2.36. The minimum absolute atomic E-state index is 0.00792. The van der Waals surface area contributed by atoms with Crippen LogP contribution in [0.25, 0.3) is 16.8 Å². The Morgan fingerprint density at radius 3 is 3.12 bits per heavy atom. The van der Waals surface area contributed by atoms with E-state index in [0.29, 0.717) is 0 Å². The zero-order chi connectivity index (χ0) is 12.5. The van der Waals surface area contributed by atoms with Gasteiger partial charge in [-0.25, -0.2) is 0 Å². The summed E-state index contributed by atoms with van der Waals surface area (Å²) in [6.07, 6.45) is 3.47. The molecule has 3 rings (SSSR count). The maximum Gasteiger partial charge on any atom is 0.134 e. The molecule has 2 aromatic rings. The van der Waals surface area contributed by atoms with E-state index in [9.17, 15) is 0 Å². The number of benzene rings is 2. The van der Waals surface area contributed by atoms with Crippen molar-refractivity contribution in [3.63, 3.8) is 0 Å². The summed E-state index contributed by atoms with van der Waals surface area (Å²) in [6, 6.07) is 10.0. The molecular formula is C15H14O2. The Kier molecular flexibility index (Phi) is 2.30. The van der Waals surface area contributed by atoms with Gasteiger partial charge in [-0.05, 0) is 23.4 Å². The molecule has 2 aromatic carbocycles. The van der Waals surface area contributed by atoms with Gasteiger partial charge in [-0.3, -0.25) is 0 Å². The number of hydrogen-bond acceptors (Lipinski definition) is 2. The first-order chi connectivity index (χ1) is 8.81. The summed E-state index contributed by atoms with van der Waals surface area (Å²) in [5, 5.41) is 11.0. The van der Waals surface area contributed by atoms with Crippen LogP contribution in [0, 0.1) is 0 Å². The molecule has 1 N–H and O–H groups in total. The van der Waals surface area contributed by atoms with Crippen molar-refractivity contribution >= 4 is 16.8 Å². The topological polar surface area (TPSA) is 29.5 Å². The lowest BCUT2D eigenvalue weighted by Crippen LogP contribution is -2.04. The summed E-state index contributed by atoms with van der Waals surface area (Å²) in [6.45, 7) is 0.267. The normalized spacial score (nSPS) is 18.2. The Morgan fingerprint density at radius 2 is 2.24 bits per heavy atom. The zero-order valence-corrected chi connectivity index (χ0v) is 9.39. The van der Waals surface area contributed by atoms with E-state index in [1.165, 1.54) is 0 Å². The standard InChI is InChI=1S/C15H14O2/c16-8-9-17-15-13-6-2-1-4-11(13)10-12-5-3-7-14(12)15/h1-4,6-7,10,16H,5,8-9H2/i5D. The van der Waals surface area contributed by atoms with Gasteiger partial charge >= 0.3 is 0 Å². The molecular weight excluding hydrogens is 212 g/mol. The van der Waals surface area contributed by atoms with E-state index >= 15 is 0 Å². The van der Waals surface area contributed by atoms with Gasteiger partial charge in [-0.1, -0.05) is 36.4 Å². The minimum atomic E-state index is -0.318. The first-order valence-electron chi connectivity index (χ1n) is 6.29. The van der Waals surface area contributed by atoms with Crippen LogP contribution in [0.15, 0.2) is 36.4 Å². The van der Waals surface area contributed by atoms with Crippen molar-refractivity contribution in [2.45, 2.75) is 6.40 Å². The maximum atomic E-state index is 8.92. The van der Waals surface area contributed by atoms with Gasteiger partial charge in [0.2, 0.25) is 0 Å². The van der Waals surface area contributed by atoms with Gasteiger partial charge in [-0.15, -0.1) is 0 Å². The maximum absolute atomic E-state index is 8.92. The molecule has 2 nitrogen and oxygen atoms in total. The molecule has 1 aliphatic carbocycles. The molecule has 86 valence electrons. The fraction of sp³-hybridized carbons (Fsp3) is 0.200. The first-order valence-corrected chi connectivity index (χ1v) is 5.71. The number of aliphatic hydroxyl groups is 1. The van der Waals surface area contributed by atoms with Crippen molar-refractivity contribution in [2.75, 3.05) is 13.2 Å². The van der Waals surface area contributed by atoms with Gasteiger partial charge < -0.3 is 9.84 Å². The van der Waals surface area contributed by atoms with Crippen molar-refractivity contribution in [1.29, 1.82) is 0 Å². The number of fused-ring (bicyclic) bond motifs is 2. The molecule has 0 aromatic heterocycles. The van der Waals surface area contributed by atoms with Crippen LogP contribution in [-0.2, 0) is 6.40 Å². The average molecular weight is 227 g/mol. The lowest BCUT2D eigenvalue weighted by atomic mass is 10.0. The van der Waals surface area contributed by atoms with Gasteiger partial charge in [0.15, 0.2) is 0 Å². The smallest absolute Gasteiger partial charge is 0.134 e. The average Bonchev–Trinajstić information content (AvgIpc) is 2.76. The van der Waals surface area contributed by atoms with Crippen molar-refractivity contribution in [2.24, 2.45) is 0 Å². The summed E-state index contributed by atoms with van der Waals surface area (Å²) >= 11 is 0. The first kappa shape index (κ1) is 9.25. The van der Waals surface area contributed by atoms with E-state index in [1.807, 2.05) is 42.5 Å². The van der Waals surface area contributed by atoms with Crippen LogP contribution in [0.3, 0.4) is 0 Å². The van der Waals surface area contributed by atoms with E-state index < -0.39 is 0 Å². The Bertz CT molecular complexity index is 619. The second-order valence-electron chi connectivity index (χ2n) is 4.03. The van der Waals surface area contributed by atoms with E-state index in [2.05, 4.69) is 0 Å². The third-order valence-corrected chi connectivity index (χ3v) is 2.95. The molecule has 0 spiro atoms. The largest absolute Gasteiger partial charge is 0.490 e. The molecule has 0 saturated carbocycles. The highest BCUT2D eigenvalue weighted by Gasteiger charge is 2.14. The van der Waals surface area contributed by atoms with Gasteiger partial charge in [0, 0.05) is 12.3 Å². The molecule has 1 atom stereocenters. The predicted molar refractivity (Wildman–Crippen MR) is 69.3 cm³/mol. The Balaban J connectivity index is 2.24. The SMILES string of the molecule is [2H]C1C=Cc2c1cc1ccccc1c2OCCO. The van der Waals surface area contributed by atoms with Crippen LogP contribution in [-0.4, -0.2) is 18.3 Å². The summed E-state index contributed by atoms with van der Waals surface area (Å²) < 4.78 is 13.6. The number of allylic oxidation sites excluding steroid dienone is 1. The summed E-state index contributed by atoms with van der Waals surface area (Å²) in [4.78, 5) is 0. The molecule has 0 radical (unpaired) electrons. The summed E-state index contributed by atoms with van der Waals surface area (Å²) in [5.74, 6) is 0.781. The summed E-state index contributed by atoms with van der Waals surface area (Å²) in [7, 11) is 0. The second-order valence-corrected chi connectivity index (χ2v) is 4.03. The Morgan fingerprint density at radius 1 is 1.35 bits per heavy atom. The van der Waals surface area contributed by atoms with Gasteiger partial charge in [0.25, 0.3) is 0 Å². The molecule has 0 amide bonds. The Hall–Kier alpha value is -1.80. The van der Waals surface area contributed by atoms with E-state index in [1.54, 1.807) is 0 Å². The zero-order valence-electron chi connectivity index (χ0n) is 10.4. The van der Waals surface area contributed by atoms with Crippen LogP contribution >= 0.6 is 0 Å². The van der Waals surface area contributed by atoms with Crippen LogP contribution < -0.4 is 4.74 Å². The fourth-order valence-corrected chi connectivity index (χ4v) is 2.21. The van der Waals surface area contributed by atoms with Gasteiger partial charge in [0.05, 0.1) is 6.61 Å². The molecule has 0 saturated heterocycles. The molecule has 17 heavy (non-hydrogen) atoms. The third-order valence-electron chi connectivity index (χ3n) is 2.95. The molecule has 0 bridgehead atoms. The van der Waals surface area contributed by atoms with E-state index in [4.69, 9.17) is 11.2 Å². The van der Waals surface area contributed by atoms with Crippen molar-refractivity contribution in [1.82, 2.24) is 0 Å². The number of aliphatic hydroxyl groups excluding tert-OH is 1. The van der Waals surface area contributed by atoms with Crippen molar-refractivity contribution in [3.8, 4) is 5.75 Å². The van der Waals surface area contributed by atoms with Crippen LogP contribution in [0.5, 0.6) is 5.75 Å². The second kappa shape index (κ2) is 4.22. The molecule has 0 heterocycles. The third kappa shape index (κ3) is 1.71. The fourth-order valence-electron chi connectivity index (χ4n) is 2.21. The quantitative estimate of drug-likeness (QED) is 0.873. The van der Waals surface area contributed by atoms with Crippen LogP contribution in [0.4, 0.5) is 0 Å². The number of hydrogen-bond donors (Lipinski definition) is 1. The number of ether oxygens (including phenoxy) is 1. The van der Waals surface area contributed by atoms with Crippen molar-refractivity contribution < 1.29 is 11.2 Å². The minimum Gasteiger partial charge on any atom is -0.490 e. The van der Waals surface area contributed by atoms with Crippen LogP contribution in [0.1, 0.15) is 12.5 Å². The monoisotopic (exact) mass is 227 g/mol. The van der Waals surface area contributed by atoms with Gasteiger partial charge in [-0.2, -0.15) is 0 Å². The highest BCUT2D eigenvalue weighted by molar-refractivity contribution is 5.94. The predicted octanol–water partition coefficient (Wildman–Crippen LogP) is 2.78. The molecule has 0 fully saturated rings.